The van der Waals surface area contributed by atoms with Crippen molar-refractivity contribution in [1.82, 2.24) is 20.4 Å². The number of aliphatic imine (C=N–C) groups is 1. The molecule has 0 radical (unpaired) electrons. The average molecular weight is 386 g/mol. The molecule has 0 aromatic carbocycles. The fraction of sp³-hybridized carbons (Fsp3) is 0.895. The summed E-state index contributed by atoms with van der Waals surface area (Å²) in [5.41, 5.74) is 0. The molecule has 0 aromatic heterocycles. The van der Waals surface area contributed by atoms with Gasteiger partial charge in [0.2, 0.25) is 5.91 Å². The number of nitrogens with zero attached hydrogens (tertiary/aromatic N) is 3. The van der Waals surface area contributed by atoms with Crippen LogP contribution in [0, 0.1) is 5.92 Å². The zero-order valence-corrected chi connectivity index (χ0v) is 17.4. The number of ether oxygens (including phenoxy) is 1. The minimum Gasteiger partial charge on any atom is -0.396 e. The SMILES string of the molecule is CCCC(CCO)CN=C(NCC)N1CCN(CC(=O)NCCOC)CC1. The largest absolute Gasteiger partial charge is 0.396 e. The van der Waals surface area contributed by atoms with Gasteiger partial charge in [-0.2, -0.15) is 0 Å². The summed E-state index contributed by atoms with van der Waals surface area (Å²) >= 11 is 0. The van der Waals surface area contributed by atoms with E-state index in [9.17, 15) is 9.90 Å². The summed E-state index contributed by atoms with van der Waals surface area (Å²) in [6, 6.07) is 0. The molecule has 0 spiro atoms. The number of carbonyl (C=O) groups excluding carboxylic acids is 1. The minimum absolute atomic E-state index is 0.0486. The highest BCUT2D eigenvalue weighted by atomic mass is 16.5. The van der Waals surface area contributed by atoms with Gasteiger partial charge in [-0.05, 0) is 25.7 Å². The normalized spacial score (nSPS) is 17.0. The topological polar surface area (TPSA) is 89.4 Å². The van der Waals surface area contributed by atoms with Gasteiger partial charge in [-0.3, -0.25) is 14.7 Å². The Morgan fingerprint density at radius 2 is 1.93 bits per heavy atom. The summed E-state index contributed by atoms with van der Waals surface area (Å²) in [5, 5.41) is 15.5. The highest BCUT2D eigenvalue weighted by Crippen LogP contribution is 2.12. The van der Waals surface area contributed by atoms with Crippen LogP contribution in [0.4, 0.5) is 0 Å². The van der Waals surface area contributed by atoms with Crippen LogP contribution in [0.3, 0.4) is 0 Å². The number of methoxy groups -OCH3 is 1. The first-order chi connectivity index (χ1) is 13.1. The van der Waals surface area contributed by atoms with E-state index in [-0.39, 0.29) is 12.5 Å². The molecule has 0 aliphatic carbocycles. The molecular formula is C19H39N5O3. The highest BCUT2D eigenvalue weighted by molar-refractivity contribution is 5.80. The second-order valence-electron chi connectivity index (χ2n) is 6.97. The van der Waals surface area contributed by atoms with Crippen molar-refractivity contribution in [2.24, 2.45) is 10.9 Å². The minimum atomic E-state index is 0.0486. The van der Waals surface area contributed by atoms with Crippen molar-refractivity contribution in [3.63, 3.8) is 0 Å². The molecule has 0 bridgehead atoms. The summed E-state index contributed by atoms with van der Waals surface area (Å²) in [6.45, 7) is 11.0. The van der Waals surface area contributed by atoms with Gasteiger partial charge in [-0.1, -0.05) is 13.3 Å². The summed E-state index contributed by atoms with van der Waals surface area (Å²) in [6.07, 6.45) is 3.01. The van der Waals surface area contributed by atoms with Crippen LogP contribution in [0.2, 0.25) is 0 Å². The van der Waals surface area contributed by atoms with Crippen molar-refractivity contribution in [3.05, 3.63) is 0 Å². The lowest BCUT2D eigenvalue weighted by Gasteiger charge is -2.36. The van der Waals surface area contributed by atoms with E-state index in [0.29, 0.717) is 25.6 Å². The van der Waals surface area contributed by atoms with E-state index in [2.05, 4.69) is 34.3 Å². The number of hydrogen-bond donors (Lipinski definition) is 3. The van der Waals surface area contributed by atoms with Gasteiger partial charge >= 0.3 is 0 Å². The molecule has 27 heavy (non-hydrogen) atoms. The molecule has 1 rings (SSSR count). The number of amides is 1. The van der Waals surface area contributed by atoms with Gasteiger partial charge in [0.1, 0.15) is 0 Å². The Labute approximate surface area is 164 Å². The zero-order chi connectivity index (χ0) is 19.9. The van der Waals surface area contributed by atoms with Crippen molar-refractivity contribution in [1.29, 1.82) is 0 Å². The van der Waals surface area contributed by atoms with E-state index in [1.807, 2.05) is 0 Å². The molecule has 1 unspecified atom stereocenters. The van der Waals surface area contributed by atoms with Crippen molar-refractivity contribution in [3.8, 4) is 0 Å². The van der Waals surface area contributed by atoms with Gasteiger partial charge in [-0.25, -0.2) is 0 Å². The van der Waals surface area contributed by atoms with E-state index < -0.39 is 0 Å². The van der Waals surface area contributed by atoms with Crippen LogP contribution in [-0.4, -0.2) is 99.5 Å². The number of aliphatic hydroxyl groups is 1. The molecule has 158 valence electrons. The van der Waals surface area contributed by atoms with Gasteiger partial charge in [0, 0.05) is 59.5 Å². The Bertz CT molecular complexity index is 420. The van der Waals surface area contributed by atoms with E-state index in [1.165, 1.54) is 0 Å². The fourth-order valence-electron chi connectivity index (χ4n) is 3.23. The molecule has 1 amide bonds. The average Bonchev–Trinajstić information content (AvgIpc) is 2.66. The van der Waals surface area contributed by atoms with E-state index in [0.717, 1.165) is 64.5 Å². The fourth-order valence-corrected chi connectivity index (χ4v) is 3.23. The number of aliphatic hydroxyl groups excluding tert-OH is 1. The van der Waals surface area contributed by atoms with Crippen molar-refractivity contribution in [2.75, 3.05) is 72.7 Å². The smallest absolute Gasteiger partial charge is 0.234 e. The molecule has 0 aromatic rings. The summed E-state index contributed by atoms with van der Waals surface area (Å²) in [4.78, 5) is 21.2. The Morgan fingerprint density at radius 1 is 1.19 bits per heavy atom. The van der Waals surface area contributed by atoms with Gasteiger partial charge in [-0.15, -0.1) is 0 Å². The van der Waals surface area contributed by atoms with Crippen LogP contribution in [-0.2, 0) is 9.53 Å². The quantitative estimate of drug-likeness (QED) is 0.251. The van der Waals surface area contributed by atoms with E-state index >= 15 is 0 Å². The predicted octanol–water partition coefficient (Wildman–Crippen LogP) is 0.131. The monoisotopic (exact) mass is 385 g/mol. The van der Waals surface area contributed by atoms with Gasteiger partial charge < -0.3 is 25.4 Å². The molecule has 1 fully saturated rings. The lowest BCUT2D eigenvalue weighted by molar-refractivity contribution is -0.122. The standard InChI is InChI=1S/C19H39N5O3/c1-4-6-17(7-13-25)15-22-19(20-5-2)24-11-9-23(10-12-24)16-18(26)21-8-14-27-3/h17,25H,4-16H2,1-3H3,(H,20,22)(H,21,26). The third-order valence-corrected chi connectivity index (χ3v) is 4.74. The second-order valence-corrected chi connectivity index (χ2v) is 6.97. The lowest BCUT2D eigenvalue weighted by Crippen LogP contribution is -2.54. The molecule has 8 nitrogen and oxygen atoms in total. The van der Waals surface area contributed by atoms with Crippen molar-refractivity contribution < 1.29 is 14.6 Å². The number of rotatable bonds is 12. The molecule has 1 heterocycles. The molecule has 1 atom stereocenters. The predicted molar refractivity (Wildman–Crippen MR) is 109 cm³/mol. The van der Waals surface area contributed by atoms with E-state index in [1.54, 1.807) is 7.11 Å². The first kappa shape index (κ1) is 23.7. The van der Waals surface area contributed by atoms with Crippen molar-refractivity contribution >= 4 is 11.9 Å². The van der Waals surface area contributed by atoms with Crippen LogP contribution in [0.25, 0.3) is 0 Å². The Balaban J connectivity index is 2.47. The Hall–Kier alpha value is -1.38. The molecule has 1 aliphatic heterocycles. The Kier molecular flexibility index (Phi) is 12.8. The number of nitrogens with one attached hydrogen (secondary N) is 2. The first-order valence-corrected chi connectivity index (χ1v) is 10.3. The summed E-state index contributed by atoms with van der Waals surface area (Å²) < 4.78 is 4.95. The van der Waals surface area contributed by atoms with Gasteiger partial charge in [0.05, 0.1) is 13.2 Å². The Morgan fingerprint density at radius 3 is 2.52 bits per heavy atom. The van der Waals surface area contributed by atoms with Crippen LogP contribution in [0.1, 0.15) is 33.1 Å². The molecule has 3 N–H and O–H groups in total. The summed E-state index contributed by atoms with van der Waals surface area (Å²) in [7, 11) is 1.63. The maximum atomic E-state index is 11.9. The van der Waals surface area contributed by atoms with Crippen LogP contribution < -0.4 is 10.6 Å². The zero-order valence-electron chi connectivity index (χ0n) is 17.4. The third kappa shape index (κ3) is 9.93. The van der Waals surface area contributed by atoms with Crippen LogP contribution in [0.5, 0.6) is 0 Å². The number of piperazine rings is 1. The molecule has 0 saturated carbocycles. The van der Waals surface area contributed by atoms with Crippen molar-refractivity contribution in [2.45, 2.75) is 33.1 Å². The molecule has 1 aliphatic rings. The van der Waals surface area contributed by atoms with Gasteiger partial charge in [0.25, 0.3) is 0 Å². The van der Waals surface area contributed by atoms with Gasteiger partial charge in [0.15, 0.2) is 5.96 Å². The molecular weight excluding hydrogens is 346 g/mol. The lowest BCUT2D eigenvalue weighted by atomic mass is 10.0. The summed E-state index contributed by atoms with van der Waals surface area (Å²) in [5.74, 6) is 1.43. The maximum absolute atomic E-state index is 11.9. The van der Waals surface area contributed by atoms with Crippen LogP contribution in [0.15, 0.2) is 4.99 Å². The molecule has 8 heteroatoms. The highest BCUT2D eigenvalue weighted by Gasteiger charge is 2.21. The number of hydrogen-bond acceptors (Lipinski definition) is 5. The van der Waals surface area contributed by atoms with E-state index in [4.69, 9.17) is 9.73 Å². The maximum Gasteiger partial charge on any atom is 0.234 e. The second kappa shape index (κ2) is 14.6. The number of guanidine groups is 1. The third-order valence-electron chi connectivity index (χ3n) is 4.74. The van der Waals surface area contributed by atoms with Crippen LogP contribution >= 0.6 is 0 Å². The number of carbonyl (C=O) groups is 1. The molecule has 1 saturated heterocycles. The first-order valence-electron chi connectivity index (χ1n) is 10.3.